The molecule has 0 aliphatic heterocycles. The number of carbonyl (C=O) groups is 1. The first-order valence-electron chi connectivity index (χ1n) is 7.32. The largest absolute Gasteiger partial charge is 0.349 e. The summed E-state index contributed by atoms with van der Waals surface area (Å²) in [5.74, 6) is -0.557. The highest BCUT2D eigenvalue weighted by molar-refractivity contribution is 5.91. The average molecular weight is 305 g/mol. The number of carbonyl (C=O) groups excluding carboxylic acids is 1. The van der Waals surface area contributed by atoms with Gasteiger partial charge < -0.3 is 10.6 Å². The maximum Gasteiger partial charge on any atom is 0.273 e. The molecule has 0 spiro atoms. The second kappa shape index (κ2) is 8.23. The monoisotopic (exact) mass is 305 g/mol. The molecule has 2 N–H and O–H groups in total. The Morgan fingerprint density at radius 2 is 2.18 bits per heavy atom. The smallest absolute Gasteiger partial charge is 0.273 e. The molecule has 118 valence electrons. The summed E-state index contributed by atoms with van der Waals surface area (Å²) in [6.45, 7) is 4.64. The third-order valence-electron chi connectivity index (χ3n) is 3.02. The van der Waals surface area contributed by atoms with Gasteiger partial charge in [0.05, 0.1) is 12.7 Å². The molecule has 0 unspecified atom stereocenters. The highest BCUT2D eigenvalue weighted by Crippen LogP contribution is 2.05. The minimum Gasteiger partial charge on any atom is -0.349 e. The molecular formula is C15H20FN5O. The summed E-state index contributed by atoms with van der Waals surface area (Å²) in [5.41, 5.74) is 1.02. The summed E-state index contributed by atoms with van der Waals surface area (Å²) in [6.07, 6.45) is 2.61. The van der Waals surface area contributed by atoms with E-state index in [4.69, 9.17) is 0 Å². The Morgan fingerprint density at radius 1 is 1.32 bits per heavy atom. The van der Waals surface area contributed by atoms with E-state index >= 15 is 0 Å². The van der Waals surface area contributed by atoms with Crippen molar-refractivity contribution in [3.05, 3.63) is 47.5 Å². The minimum atomic E-state index is -0.296. The van der Waals surface area contributed by atoms with Crippen molar-refractivity contribution in [3.8, 4) is 0 Å². The fourth-order valence-corrected chi connectivity index (χ4v) is 1.96. The lowest BCUT2D eigenvalue weighted by atomic mass is 10.2. The third-order valence-corrected chi connectivity index (χ3v) is 3.02. The molecule has 6 nitrogen and oxygen atoms in total. The Bertz CT molecular complexity index is 613. The Morgan fingerprint density at radius 3 is 2.95 bits per heavy atom. The van der Waals surface area contributed by atoms with Gasteiger partial charge in [-0.3, -0.25) is 4.79 Å². The fraction of sp³-hybridized carbons (Fsp3) is 0.400. The van der Waals surface area contributed by atoms with Crippen molar-refractivity contribution >= 4 is 5.91 Å². The van der Waals surface area contributed by atoms with Crippen molar-refractivity contribution in [1.29, 1.82) is 0 Å². The number of aromatic nitrogens is 3. The lowest BCUT2D eigenvalue weighted by Crippen LogP contribution is -2.32. The predicted molar refractivity (Wildman–Crippen MR) is 81.0 cm³/mol. The van der Waals surface area contributed by atoms with E-state index in [9.17, 15) is 9.18 Å². The molecule has 2 aromatic rings. The van der Waals surface area contributed by atoms with Gasteiger partial charge in [0.1, 0.15) is 5.82 Å². The van der Waals surface area contributed by atoms with Gasteiger partial charge in [-0.1, -0.05) is 24.3 Å². The fourth-order valence-electron chi connectivity index (χ4n) is 1.96. The van der Waals surface area contributed by atoms with E-state index in [0.717, 1.165) is 25.1 Å². The second-order valence-electron chi connectivity index (χ2n) is 4.94. The van der Waals surface area contributed by atoms with Gasteiger partial charge in [-0.25, -0.2) is 9.07 Å². The Hall–Kier alpha value is -2.28. The molecule has 1 heterocycles. The molecule has 0 aliphatic carbocycles. The Balaban J connectivity index is 1.84. The molecule has 0 fully saturated rings. The van der Waals surface area contributed by atoms with Gasteiger partial charge in [0, 0.05) is 13.1 Å². The molecule has 0 atom stereocenters. The van der Waals surface area contributed by atoms with E-state index in [2.05, 4.69) is 27.9 Å². The van der Waals surface area contributed by atoms with Crippen LogP contribution in [-0.2, 0) is 6.54 Å². The number of hydrogen-bond acceptors (Lipinski definition) is 4. The van der Waals surface area contributed by atoms with E-state index < -0.39 is 0 Å². The lowest BCUT2D eigenvalue weighted by Gasteiger charge is -2.03. The maximum absolute atomic E-state index is 13.1. The van der Waals surface area contributed by atoms with Crippen LogP contribution in [0.5, 0.6) is 0 Å². The first kappa shape index (κ1) is 16.1. The number of nitrogens with zero attached hydrogens (tertiary/aromatic N) is 3. The predicted octanol–water partition coefficient (Wildman–Crippen LogP) is 1.19. The minimum absolute atomic E-state index is 0.256. The molecule has 1 amide bonds. The Kier molecular flexibility index (Phi) is 6.02. The Labute approximate surface area is 128 Å². The molecule has 0 radical (unpaired) electrons. The quantitative estimate of drug-likeness (QED) is 0.719. The topological polar surface area (TPSA) is 71.8 Å². The summed E-state index contributed by atoms with van der Waals surface area (Å²) >= 11 is 0. The molecule has 7 heteroatoms. The molecular weight excluding hydrogens is 285 g/mol. The van der Waals surface area contributed by atoms with Crippen LogP contribution in [0.25, 0.3) is 0 Å². The molecule has 22 heavy (non-hydrogen) atoms. The van der Waals surface area contributed by atoms with E-state index in [1.165, 1.54) is 16.8 Å². The van der Waals surface area contributed by atoms with Crippen molar-refractivity contribution in [1.82, 2.24) is 25.6 Å². The first-order valence-corrected chi connectivity index (χ1v) is 7.32. The number of halogens is 1. The summed E-state index contributed by atoms with van der Waals surface area (Å²) < 4.78 is 14.6. The second-order valence-corrected chi connectivity index (χ2v) is 4.94. The maximum atomic E-state index is 13.1. The van der Waals surface area contributed by atoms with Gasteiger partial charge in [-0.05, 0) is 30.7 Å². The van der Waals surface area contributed by atoms with Crippen LogP contribution in [0.3, 0.4) is 0 Å². The van der Waals surface area contributed by atoms with Gasteiger partial charge in [0.15, 0.2) is 5.69 Å². The summed E-state index contributed by atoms with van der Waals surface area (Å²) in [4.78, 5) is 11.9. The molecule has 0 aliphatic rings. The van der Waals surface area contributed by atoms with Crippen molar-refractivity contribution < 1.29 is 9.18 Å². The van der Waals surface area contributed by atoms with Gasteiger partial charge in [0.2, 0.25) is 0 Å². The SMILES string of the molecule is CCCNCCNC(=O)c1cn(Cc2cccc(F)c2)nn1. The standard InChI is InChI=1S/C15H20FN5O/c1-2-6-17-7-8-18-15(22)14-11-21(20-19-14)10-12-4-3-5-13(16)9-12/h3-5,9,11,17H,2,6-8,10H2,1H3,(H,18,22). The van der Waals surface area contributed by atoms with Gasteiger partial charge >= 0.3 is 0 Å². The molecule has 1 aromatic carbocycles. The lowest BCUT2D eigenvalue weighted by molar-refractivity contribution is 0.0949. The van der Waals surface area contributed by atoms with Crippen molar-refractivity contribution in [2.24, 2.45) is 0 Å². The first-order chi connectivity index (χ1) is 10.7. The highest BCUT2D eigenvalue weighted by atomic mass is 19.1. The molecule has 1 aromatic heterocycles. The number of rotatable bonds is 8. The van der Waals surface area contributed by atoms with Gasteiger partial charge in [0.25, 0.3) is 5.91 Å². The molecule has 0 saturated heterocycles. The number of hydrogen-bond donors (Lipinski definition) is 2. The van der Waals surface area contributed by atoms with E-state index in [1.54, 1.807) is 18.3 Å². The summed E-state index contributed by atoms with van der Waals surface area (Å²) in [5, 5.41) is 13.7. The summed E-state index contributed by atoms with van der Waals surface area (Å²) in [6, 6.07) is 6.25. The van der Waals surface area contributed by atoms with Crippen molar-refractivity contribution in [3.63, 3.8) is 0 Å². The van der Waals surface area contributed by atoms with Crippen molar-refractivity contribution in [2.45, 2.75) is 19.9 Å². The van der Waals surface area contributed by atoms with Crippen LogP contribution in [0.15, 0.2) is 30.5 Å². The van der Waals surface area contributed by atoms with Crippen LogP contribution in [0.2, 0.25) is 0 Å². The highest BCUT2D eigenvalue weighted by Gasteiger charge is 2.10. The number of benzene rings is 1. The average Bonchev–Trinajstić information content (AvgIpc) is 2.95. The molecule has 0 saturated carbocycles. The van der Waals surface area contributed by atoms with Crippen LogP contribution in [0.1, 0.15) is 29.4 Å². The summed E-state index contributed by atoms with van der Waals surface area (Å²) in [7, 11) is 0. The van der Waals surface area contributed by atoms with Gasteiger partial charge in [-0.15, -0.1) is 5.10 Å². The normalized spacial score (nSPS) is 10.6. The van der Waals surface area contributed by atoms with Gasteiger partial charge in [-0.2, -0.15) is 0 Å². The molecule has 2 rings (SSSR count). The van der Waals surface area contributed by atoms with E-state index in [-0.39, 0.29) is 17.4 Å². The number of nitrogens with one attached hydrogen (secondary N) is 2. The van der Waals surface area contributed by atoms with Crippen LogP contribution < -0.4 is 10.6 Å². The van der Waals surface area contributed by atoms with E-state index in [1.807, 2.05) is 0 Å². The van der Waals surface area contributed by atoms with Crippen LogP contribution >= 0.6 is 0 Å². The molecule has 0 bridgehead atoms. The van der Waals surface area contributed by atoms with Crippen LogP contribution in [0, 0.1) is 5.82 Å². The van der Waals surface area contributed by atoms with Crippen molar-refractivity contribution in [2.75, 3.05) is 19.6 Å². The third kappa shape index (κ3) is 4.92. The number of amides is 1. The zero-order valence-corrected chi connectivity index (χ0v) is 12.6. The van der Waals surface area contributed by atoms with Crippen LogP contribution in [-0.4, -0.2) is 40.5 Å². The zero-order valence-electron chi connectivity index (χ0n) is 12.6. The van der Waals surface area contributed by atoms with E-state index in [0.29, 0.717) is 13.1 Å². The van der Waals surface area contributed by atoms with Crippen LogP contribution in [0.4, 0.5) is 4.39 Å². The zero-order chi connectivity index (χ0) is 15.8.